The molecule has 5 heteroatoms. The molecule has 0 radical (unpaired) electrons. The van der Waals surface area contributed by atoms with Gasteiger partial charge in [-0.2, -0.15) is 5.26 Å². The van der Waals surface area contributed by atoms with Gasteiger partial charge in [-0.15, -0.1) is 0 Å². The van der Waals surface area contributed by atoms with Crippen LogP contribution in [0.5, 0.6) is 0 Å². The molecule has 2 rings (SSSR count). The average Bonchev–Trinajstić information content (AvgIpc) is 2.49. The Morgan fingerprint density at radius 3 is 2.62 bits per heavy atom. The third-order valence-electron chi connectivity index (χ3n) is 3.15. The summed E-state index contributed by atoms with van der Waals surface area (Å²) in [4.78, 5) is 11.9. The van der Waals surface area contributed by atoms with E-state index < -0.39 is 0 Å². The summed E-state index contributed by atoms with van der Waals surface area (Å²) in [5, 5.41) is 14.8. The highest BCUT2D eigenvalue weighted by Crippen LogP contribution is 2.26. The minimum absolute atomic E-state index is 0.202. The molecule has 0 unspecified atom stereocenters. The third kappa shape index (κ3) is 3.12. The van der Waals surface area contributed by atoms with Gasteiger partial charge in [0.05, 0.1) is 22.9 Å². The molecule has 5 nitrogen and oxygen atoms in total. The van der Waals surface area contributed by atoms with E-state index >= 15 is 0 Å². The number of nitriles is 1. The van der Waals surface area contributed by atoms with Gasteiger partial charge in [-0.1, -0.05) is 6.07 Å². The molecule has 0 bridgehead atoms. The van der Waals surface area contributed by atoms with Gasteiger partial charge in [0.25, 0.3) is 5.91 Å². The Morgan fingerprint density at radius 2 is 1.95 bits per heavy atom. The summed E-state index contributed by atoms with van der Waals surface area (Å²) < 4.78 is 0. The number of nitrogens with two attached hydrogens (primary N) is 1. The predicted octanol–water partition coefficient (Wildman–Crippen LogP) is 2.55. The summed E-state index contributed by atoms with van der Waals surface area (Å²) in [5.41, 5.74) is 9.74. The van der Waals surface area contributed by atoms with Crippen LogP contribution >= 0.6 is 0 Å². The lowest BCUT2D eigenvalue weighted by Gasteiger charge is -2.14. The van der Waals surface area contributed by atoms with E-state index in [1.165, 1.54) is 0 Å². The minimum atomic E-state index is -0.202. The second-order valence-corrected chi connectivity index (χ2v) is 4.65. The van der Waals surface area contributed by atoms with Crippen LogP contribution in [0.15, 0.2) is 36.4 Å². The maximum Gasteiger partial charge on any atom is 0.253 e. The first-order valence-electron chi connectivity index (χ1n) is 6.44. The molecule has 0 aliphatic rings. The van der Waals surface area contributed by atoms with Crippen molar-refractivity contribution in [3.05, 3.63) is 53.1 Å². The highest BCUT2D eigenvalue weighted by atomic mass is 16.1. The zero-order chi connectivity index (χ0) is 15.4. The maximum absolute atomic E-state index is 11.9. The van der Waals surface area contributed by atoms with Crippen molar-refractivity contribution < 1.29 is 4.79 Å². The highest BCUT2D eigenvalue weighted by molar-refractivity contribution is 6.00. The normalized spacial score (nSPS) is 9.76. The summed E-state index contributed by atoms with van der Waals surface area (Å²) in [6.45, 7) is 1.93. The van der Waals surface area contributed by atoms with Crippen molar-refractivity contribution >= 4 is 23.0 Å². The van der Waals surface area contributed by atoms with Gasteiger partial charge in [-0.3, -0.25) is 4.79 Å². The molecule has 106 valence electrons. The average molecular weight is 280 g/mol. The topological polar surface area (TPSA) is 90.9 Å². The lowest BCUT2D eigenvalue weighted by molar-refractivity contribution is 0.0964. The molecule has 0 aliphatic carbocycles. The molecule has 0 aliphatic heterocycles. The molecule has 0 fully saturated rings. The van der Waals surface area contributed by atoms with E-state index in [1.54, 1.807) is 37.4 Å². The van der Waals surface area contributed by atoms with Gasteiger partial charge in [-0.25, -0.2) is 0 Å². The van der Waals surface area contributed by atoms with E-state index in [1.807, 2.05) is 13.0 Å². The van der Waals surface area contributed by atoms with Crippen molar-refractivity contribution in [2.75, 3.05) is 18.1 Å². The van der Waals surface area contributed by atoms with Gasteiger partial charge >= 0.3 is 0 Å². The Kier molecular flexibility index (Phi) is 4.10. The van der Waals surface area contributed by atoms with Gasteiger partial charge in [-0.05, 0) is 42.8 Å². The largest absolute Gasteiger partial charge is 0.399 e. The monoisotopic (exact) mass is 280 g/mol. The second kappa shape index (κ2) is 5.97. The van der Waals surface area contributed by atoms with E-state index in [0.717, 1.165) is 11.3 Å². The number of hydrogen-bond acceptors (Lipinski definition) is 4. The number of rotatable bonds is 3. The van der Waals surface area contributed by atoms with Crippen LogP contribution < -0.4 is 16.4 Å². The fraction of sp³-hybridized carbons (Fsp3) is 0.125. The van der Waals surface area contributed by atoms with Gasteiger partial charge in [0, 0.05) is 18.4 Å². The van der Waals surface area contributed by atoms with Crippen molar-refractivity contribution in [1.82, 2.24) is 5.32 Å². The quantitative estimate of drug-likeness (QED) is 0.753. The zero-order valence-corrected chi connectivity index (χ0v) is 11.9. The van der Waals surface area contributed by atoms with Crippen LogP contribution in [0.25, 0.3) is 0 Å². The molecule has 0 saturated heterocycles. The molecule has 0 spiro atoms. The molecule has 0 heterocycles. The van der Waals surface area contributed by atoms with Crippen LogP contribution in [-0.4, -0.2) is 13.0 Å². The number of nitrogen functional groups attached to an aromatic ring is 1. The van der Waals surface area contributed by atoms with Crippen LogP contribution in [0.1, 0.15) is 21.5 Å². The first kappa shape index (κ1) is 14.4. The van der Waals surface area contributed by atoms with E-state index in [-0.39, 0.29) is 5.91 Å². The molecule has 0 aromatic heterocycles. The highest BCUT2D eigenvalue weighted by Gasteiger charge is 2.11. The molecule has 2 aromatic rings. The molecule has 0 atom stereocenters. The van der Waals surface area contributed by atoms with Crippen molar-refractivity contribution in [2.24, 2.45) is 0 Å². The van der Waals surface area contributed by atoms with E-state index in [4.69, 9.17) is 11.0 Å². The minimum Gasteiger partial charge on any atom is -0.399 e. The third-order valence-corrected chi connectivity index (χ3v) is 3.15. The summed E-state index contributed by atoms with van der Waals surface area (Å²) in [5.74, 6) is -0.202. The fourth-order valence-corrected chi connectivity index (χ4v) is 1.97. The number of amides is 1. The maximum atomic E-state index is 11.9. The van der Waals surface area contributed by atoms with Crippen molar-refractivity contribution in [2.45, 2.75) is 6.92 Å². The number of carbonyl (C=O) groups is 1. The first-order chi connectivity index (χ1) is 10.0. The Labute approximate surface area is 123 Å². The van der Waals surface area contributed by atoms with Gasteiger partial charge < -0.3 is 16.4 Å². The van der Waals surface area contributed by atoms with Crippen molar-refractivity contribution in [3.8, 4) is 6.07 Å². The zero-order valence-electron chi connectivity index (χ0n) is 11.9. The van der Waals surface area contributed by atoms with Crippen molar-refractivity contribution in [1.29, 1.82) is 5.26 Å². The standard InChI is InChI=1S/C16H16N4O/c1-10-3-4-11(9-17)7-14(10)20-15-8-12(18)5-6-13(15)16(21)19-2/h3-8,20H,18H2,1-2H3,(H,19,21). The smallest absolute Gasteiger partial charge is 0.253 e. The van der Waals surface area contributed by atoms with Gasteiger partial charge in [0.1, 0.15) is 0 Å². The first-order valence-corrected chi connectivity index (χ1v) is 6.44. The van der Waals surface area contributed by atoms with Crippen LogP contribution in [0, 0.1) is 18.3 Å². The summed E-state index contributed by atoms with van der Waals surface area (Å²) >= 11 is 0. The lowest BCUT2D eigenvalue weighted by Crippen LogP contribution is -2.19. The van der Waals surface area contributed by atoms with E-state index in [9.17, 15) is 4.79 Å². The molecule has 4 N–H and O–H groups in total. The Morgan fingerprint density at radius 1 is 1.19 bits per heavy atom. The van der Waals surface area contributed by atoms with Gasteiger partial charge in [0.2, 0.25) is 0 Å². The van der Waals surface area contributed by atoms with Gasteiger partial charge in [0.15, 0.2) is 0 Å². The van der Waals surface area contributed by atoms with E-state index in [0.29, 0.717) is 22.5 Å². The number of anilines is 3. The van der Waals surface area contributed by atoms with Crippen LogP contribution in [-0.2, 0) is 0 Å². The summed E-state index contributed by atoms with van der Waals surface area (Å²) in [7, 11) is 1.57. The number of benzene rings is 2. The second-order valence-electron chi connectivity index (χ2n) is 4.65. The van der Waals surface area contributed by atoms with Crippen LogP contribution in [0.4, 0.5) is 17.1 Å². The van der Waals surface area contributed by atoms with E-state index in [2.05, 4.69) is 16.7 Å². The number of nitrogens with zero attached hydrogens (tertiary/aromatic N) is 1. The summed E-state index contributed by atoms with van der Waals surface area (Å²) in [6.07, 6.45) is 0. The Bertz CT molecular complexity index is 732. The molecule has 0 saturated carbocycles. The molecular weight excluding hydrogens is 264 g/mol. The fourth-order valence-electron chi connectivity index (χ4n) is 1.97. The Hall–Kier alpha value is -3.00. The Balaban J connectivity index is 2.46. The summed E-state index contributed by atoms with van der Waals surface area (Å²) in [6, 6.07) is 12.5. The molecule has 2 aromatic carbocycles. The van der Waals surface area contributed by atoms with Crippen LogP contribution in [0.2, 0.25) is 0 Å². The molecule has 21 heavy (non-hydrogen) atoms. The van der Waals surface area contributed by atoms with Crippen molar-refractivity contribution in [3.63, 3.8) is 0 Å². The number of hydrogen-bond donors (Lipinski definition) is 3. The number of aryl methyl sites for hydroxylation is 1. The molecular formula is C16H16N4O. The SMILES string of the molecule is CNC(=O)c1ccc(N)cc1Nc1cc(C#N)ccc1C. The number of carbonyl (C=O) groups excluding carboxylic acids is 1. The van der Waals surface area contributed by atoms with Crippen LogP contribution in [0.3, 0.4) is 0 Å². The lowest BCUT2D eigenvalue weighted by atomic mass is 10.1. The predicted molar refractivity (Wildman–Crippen MR) is 83.4 cm³/mol. The molecule has 1 amide bonds. The number of nitrogens with one attached hydrogen (secondary N) is 2.